The van der Waals surface area contributed by atoms with E-state index in [9.17, 15) is 14.4 Å². The molecular formula is C27H21NO6. The average Bonchev–Trinajstić information content (AvgIpc) is 3.48. The molecule has 4 heterocycles. The maximum Gasteiger partial charge on any atom is 0.347 e. The molecule has 0 fully saturated rings. The predicted octanol–water partition coefficient (Wildman–Crippen LogP) is 4.35. The van der Waals surface area contributed by atoms with Gasteiger partial charge in [-0.05, 0) is 48.9 Å². The van der Waals surface area contributed by atoms with E-state index in [-0.39, 0.29) is 23.0 Å². The fraction of sp³-hybridized carbons (Fsp3) is 0.222. The van der Waals surface area contributed by atoms with Crippen LogP contribution in [0.4, 0.5) is 0 Å². The van der Waals surface area contributed by atoms with Gasteiger partial charge in [-0.3, -0.25) is 4.79 Å². The molecule has 6 rings (SSSR count). The lowest BCUT2D eigenvalue weighted by Crippen LogP contribution is -2.21. The minimum Gasteiger partial charge on any atom is -0.466 e. The van der Waals surface area contributed by atoms with Crippen LogP contribution in [0.1, 0.15) is 35.7 Å². The molecule has 1 aliphatic carbocycles. The van der Waals surface area contributed by atoms with Crippen LogP contribution in [0.2, 0.25) is 0 Å². The zero-order valence-electron chi connectivity index (χ0n) is 18.5. The van der Waals surface area contributed by atoms with Crippen molar-refractivity contribution in [2.24, 2.45) is 5.92 Å². The highest BCUT2D eigenvalue weighted by Gasteiger charge is 2.40. The summed E-state index contributed by atoms with van der Waals surface area (Å²) in [4.78, 5) is 37.5. The summed E-state index contributed by atoms with van der Waals surface area (Å²) in [7, 11) is 0. The second-order valence-electron chi connectivity index (χ2n) is 8.74. The van der Waals surface area contributed by atoms with Crippen molar-refractivity contribution in [3.8, 4) is 0 Å². The number of hydrogen-bond acceptors (Lipinski definition) is 6. The number of fused-ring (bicyclic) bond motifs is 4. The van der Waals surface area contributed by atoms with Crippen LogP contribution in [0, 0.1) is 5.92 Å². The Morgan fingerprint density at radius 1 is 1.09 bits per heavy atom. The van der Waals surface area contributed by atoms with E-state index in [1.54, 1.807) is 0 Å². The molecule has 7 heteroatoms. The maximum absolute atomic E-state index is 13.1. The standard InChI is InChI=1S/C27H21NO6/c1-15(29)32-13-16-9-10-20-18(12-16)23(21-7-4-5-11-28(20)21)25-24(26(30)34-27(25)31)19-14-33-22-8-3-2-6-17(19)22/h2-8,11,14,16H,9-10,12-13H2,1H3. The first-order valence-electron chi connectivity index (χ1n) is 11.2. The summed E-state index contributed by atoms with van der Waals surface area (Å²) >= 11 is 0. The quantitative estimate of drug-likeness (QED) is 0.336. The molecule has 0 bridgehead atoms. The zero-order chi connectivity index (χ0) is 23.4. The molecule has 0 radical (unpaired) electrons. The van der Waals surface area contributed by atoms with Gasteiger partial charge < -0.3 is 18.3 Å². The SMILES string of the molecule is CC(=O)OCC1CCc2c(c(C3=C(c4coc5ccccc45)C(=O)OC3=O)c3ccccn23)C1. The van der Waals surface area contributed by atoms with Crippen molar-refractivity contribution in [3.05, 3.63) is 77.3 Å². The van der Waals surface area contributed by atoms with Gasteiger partial charge in [0.05, 0.1) is 29.5 Å². The number of carbonyl (C=O) groups excluding carboxylic acids is 3. The lowest BCUT2D eigenvalue weighted by Gasteiger charge is -2.23. The number of hydrogen-bond donors (Lipinski definition) is 0. The van der Waals surface area contributed by atoms with Crippen LogP contribution >= 0.6 is 0 Å². The van der Waals surface area contributed by atoms with Crippen molar-refractivity contribution in [1.29, 1.82) is 0 Å². The van der Waals surface area contributed by atoms with Gasteiger partial charge in [0.15, 0.2) is 0 Å². The van der Waals surface area contributed by atoms with Gasteiger partial charge in [-0.1, -0.05) is 24.3 Å². The first-order chi connectivity index (χ1) is 16.5. The summed E-state index contributed by atoms with van der Waals surface area (Å²) in [5, 5.41) is 0.742. The van der Waals surface area contributed by atoms with Crippen molar-refractivity contribution in [3.63, 3.8) is 0 Å². The number of rotatable bonds is 4. The van der Waals surface area contributed by atoms with Crippen LogP contribution in [0.25, 0.3) is 27.6 Å². The molecule has 1 atom stereocenters. The van der Waals surface area contributed by atoms with Crippen molar-refractivity contribution >= 4 is 45.5 Å². The number of benzene rings is 1. The van der Waals surface area contributed by atoms with Gasteiger partial charge in [0.25, 0.3) is 0 Å². The van der Waals surface area contributed by atoms with Crippen molar-refractivity contribution < 1.29 is 28.3 Å². The fourth-order valence-electron chi connectivity index (χ4n) is 5.24. The topological polar surface area (TPSA) is 87.2 Å². The number of para-hydroxylation sites is 1. The van der Waals surface area contributed by atoms with Gasteiger partial charge in [-0.25, -0.2) is 9.59 Å². The molecule has 1 unspecified atom stereocenters. The van der Waals surface area contributed by atoms with Gasteiger partial charge in [0.1, 0.15) is 5.58 Å². The van der Waals surface area contributed by atoms with Gasteiger partial charge >= 0.3 is 17.9 Å². The summed E-state index contributed by atoms with van der Waals surface area (Å²) < 4.78 is 18.2. The Morgan fingerprint density at radius 3 is 2.74 bits per heavy atom. The molecule has 1 aliphatic heterocycles. The number of furan rings is 1. The third-order valence-corrected chi connectivity index (χ3v) is 6.71. The van der Waals surface area contributed by atoms with E-state index in [4.69, 9.17) is 13.9 Å². The third kappa shape index (κ3) is 3.08. The largest absolute Gasteiger partial charge is 0.466 e. The van der Waals surface area contributed by atoms with Gasteiger partial charge in [0.2, 0.25) is 0 Å². The smallest absolute Gasteiger partial charge is 0.347 e. The molecule has 0 N–H and O–H groups in total. The number of nitrogens with zero attached hydrogens (tertiary/aromatic N) is 1. The van der Waals surface area contributed by atoms with E-state index in [1.165, 1.54) is 13.2 Å². The van der Waals surface area contributed by atoms with Crippen LogP contribution in [-0.4, -0.2) is 28.9 Å². The summed E-state index contributed by atoms with van der Waals surface area (Å²) in [6, 6.07) is 13.2. The molecule has 0 spiro atoms. The second kappa shape index (κ2) is 7.73. The van der Waals surface area contributed by atoms with Crippen LogP contribution < -0.4 is 0 Å². The van der Waals surface area contributed by atoms with Crippen LogP contribution in [0.5, 0.6) is 0 Å². The number of pyridine rings is 1. The monoisotopic (exact) mass is 455 g/mol. The summed E-state index contributed by atoms with van der Waals surface area (Å²) in [6.45, 7) is 1.72. The van der Waals surface area contributed by atoms with Gasteiger partial charge in [-0.2, -0.15) is 0 Å². The highest BCUT2D eigenvalue weighted by Crippen LogP contribution is 2.44. The van der Waals surface area contributed by atoms with Crippen LogP contribution in [0.15, 0.2) is 59.3 Å². The fourth-order valence-corrected chi connectivity index (χ4v) is 5.24. The summed E-state index contributed by atoms with van der Waals surface area (Å²) in [5.41, 5.74) is 5.28. The highest BCUT2D eigenvalue weighted by atomic mass is 16.6. The molecule has 0 saturated carbocycles. The summed E-state index contributed by atoms with van der Waals surface area (Å²) in [6.07, 6.45) is 5.74. The lowest BCUT2D eigenvalue weighted by atomic mass is 9.83. The number of carbonyl (C=O) groups is 3. The first-order valence-corrected chi connectivity index (χ1v) is 11.2. The molecule has 4 aromatic rings. The molecule has 0 amide bonds. The summed E-state index contributed by atoms with van der Waals surface area (Å²) in [5.74, 6) is -1.52. The van der Waals surface area contributed by atoms with Gasteiger partial charge in [-0.15, -0.1) is 0 Å². The third-order valence-electron chi connectivity index (χ3n) is 6.71. The minimum atomic E-state index is -0.678. The lowest BCUT2D eigenvalue weighted by molar-refractivity contribution is -0.149. The molecule has 0 saturated heterocycles. The Kier molecular flexibility index (Phi) is 4.65. The number of ether oxygens (including phenoxy) is 2. The molecule has 1 aromatic carbocycles. The minimum absolute atomic E-state index is 0.125. The van der Waals surface area contributed by atoms with Crippen molar-refractivity contribution in [2.75, 3.05) is 6.61 Å². The second-order valence-corrected chi connectivity index (χ2v) is 8.74. The Hall–Kier alpha value is -4.13. The maximum atomic E-state index is 13.1. The molecule has 2 aliphatic rings. The highest BCUT2D eigenvalue weighted by molar-refractivity contribution is 6.46. The van der Waals surface area contributed by atoms with E-state index in [0.717, 1.165) is 35.0 Å². The van der Waals surface area contributed by atoms with Crippen molar-refractivity contribution in [2.45, 2.75) is 26.2 Å². The van der Waals surface area contributed by atoms with Gasteiger partial charge in [0, 0.05) is 35.3 Å². The zero-order valence-corrected chi connectivity index (χ0v) is 18.5. The first kappa shape index (κ1) is 20.5. The Morgan fingerprint density at radius 2 is 1.88 bits per heavy atom. The Bertz CT molecular complexity index is 1540. The van der Waals surface area contributed by atoms with E-state index in [2.05, 4.69) is 4.40 Å². The van der Waals surface area contributed by atoms with E-state index < -0.39 is 11.9 Å². The van der Waals surface area contributed by atoms with Crippen LogP contribution in [0.3, 0.4) is 0 Å². The predicted molar refractivity (Wildman–Crippen MR) is 124 cm³/mol. The normalized spacial score (nSPS) is 18.0. The molecule has 3 aromatic heterocycles. The van der Waals surface area contributed by atoms with E-state index >= 15 is 0 Å². The number of aromatic nitrogens is 1. The van der Waals surface area contributed by atoms with E-state index in [0.29, 0.717) is 29.7 Å². The molecular weight excluding hydrogens is 434 g/mol. The Labute approximate surface area is 194 Å². The number of aryl methyl sites for hydroxylation is 1. The Balaban J connectivity index is 1.59. The van der Waals surface area contributed by atoms with Crippen LogP contribution in [-0.2, 0) is 36.7 Å². The van der Waals surface area contributed by atoms with E-state index in [1.807, 2.05) is 48.7 Å². The number of cyclic esters (lactones) is 2. The number of esters is 3. The van der Waals surface area contributed by atoms with Crippen molar-refractivity contribution in [1.82, 2.24) is 4.40 Å². The molecule has 34 heavy (non-hydrogen) atoms. The molecule has 170 valence electrons. The molecule has 7 nitrogen and oxygen atoms in total. The average molecular weight is 455 g/mol.